The van der Waals surface area contributed by atoms with Crippen molar-refractivity contribution in [3.05, 3.63) is 75.9 Å². The third-order valence-corrected chi connectivity index (χ3v) is 8.45. The largest absolute Gasteiger partial charge is 0.418 e. The molecule has 1 aromatic carbocycles. The van der Waals surface area contributed by atoms with E-state index in [2.05, 4.69) is 27.0 Å². The number of hydrogen-bond acceptors (Lipinski definition) is 4. The molecule has 3 aromatic heterocycles. The minimum Gasteiger partial charge on any atom is -0.353 e. The van der Waals surface area contributed by atoms with Gasteiger partial charge in [-0.25, -0.2) is 0 Å². The predicted octanol–water partition coefficient (Wildman–Crippen LogP) is 5.63. The zero-order valence-corrected chi connectivity index (χ0v) is 22.2. The molecule has 0 amide bonds. The van der Waals surface area contributed by atoms with Gasteiger partial charge < -0.3 is 9.55 Å². The van der Waals surface area contributed by atoms with Crippen LogP contribution in [0, 0.1) is 11.8 Å². The number of benzene rings is 1. The summed E-state index contributed by atoms with van der Waals surface area (Å²) in [5, 5.41) is 8.32. The van der Waals surface area contributed by atoms with Crippen molar-refractivity contribution in [1.82, 2.24) is 29.2 Å². The fourth-order valence-corrected chi connectivity index (χ4v) is 6.29. The van der Waals surface area contributed by atoms with E-state index in [1.54, 1.807) is 18.5 Å². The summed E-state index contributed by atoms with van der Waals surface area (Å²) < 4.78 is 45.9. The summed E-state index contributed by atoms with van der Waals surface area (Å²) in [5.41, 5.74) is 0.616. The van der Waals surface area contributed by atoms with Gasteiger partial charge in [-0.15, -0.1) is 10.2 Å². The number of likely N-dealkylation sites (tertiary alicyclic amines) is 1. The molecule has 1 N–H and O–H groups in total. The standard InChI is InChI=1S/C29H33F3N6O/c1-18-6-5-11-37(14-18)15-21-13-23-24(29(30,31)32)16-38(28(39)26(23)34-21)22-10-4-9-20(12-22)25(19-7-3-8-19)27-35-33-17-36(27)2/h4,9-10,12-13,16-19,25,34H,3,5-8,11,14-15H2,1-2H3/t18-,25?/m0/s1. The van der Waals surface area contributed by atoms with Gasteiger partial charge in [-0.1, -0.05) is 25.5 Å². The second kappa shape index (κ2) is 9.97. The lowest BCUT2D eigenvalue weighted by Gasteiger charge is -2.33. The Morgan fingerprint density at radius 3 is 2.64 bits per heavy atom. The van der Waals surface area contributed by atoms with Gasteiger partial charge in [0.15, 0.2) is 0 Å². The SMILES string of the molecule is C[C@H]1CCCN(Cc2cc3c(C(F)(F)F)cn(-c4cccc(C(c5nncn5C)C5CCC5)c4)c(=O)c3[nH]2)C1. The highest BCUT2D eigenvalue weighted by molar-refractivity contribution is 5.84. The Morgan fingerprint density at radius 1 is 1.15 bits per heavy atom. The van der Waals surface area contributed by atoms with Gasteiger partial charge in [0.25, 0.3) is 5.56 Å². The summed E-state index contributed by atoms with van der Waals surface area (Å²) in [7, 11) is 1.90. The van der Waals surface area contributed by atoms with E-state index in [1.807, 2.05) is 23.7 Å². The van der Waals surface area contributed by atoms with E-state index in [0.29, 0.717) is 29.8 Å². The number of aromatic nitrogens is 5. The third kappa shape index (κ3) is 4.90. The summed E-state index contributed by atoms with van der Waals surface area (Å²) >= 11 is 0. The van der Waals surface area contributed by atoms with E-state index in [9.17, 15) is 18.0 Å². The lowest BCUT2D eigenvalue weighted by molar-refractivity contribution is -0.136. The predicted molar refractivity (Wildman–Crippen MR) is 143 cm³/mol. The Hall–Kier alpha value is -3.40. The van der Waals surface area contributed by atoms with E-state index in [0.717, 1.165) is 67.3 Å². The lowest BCUT2D eigenvalue weighted by atomic mass is 9.72. The molecule has 0 radical (unpaired) electrons. The maximum Gasteiger partial charge on any atom is 0.418 e. The molecular weight excluding hydrogens is 505 g/mol. The van der Waals surface area contributed by atoms with Crippen molar-refractivity contribution in [2.75, 3.05) is 13.1 Å². The quantitative estimate of drug-likeness (QED) is 0.345. The second-order valence-corrected chi connectivity index (χ2v) is 11.3. The molecule has 2 aliphatic rings. The van der Waals surface area contributed by atoms with Gasteiger partial charge in [-0.3, -0.25) is 14.3 Å². The number of hydrogen-bond donors (Lipinski definition) is 1. The smallest absolute Gasteiger partial charge is 0.353 e. The van der Waals surface area contributed by atoms with Gasteiger partial charge in [-0.05, 0) is 67.8 Å². The van der Waals surface area contributed by atoms with Crippen molar-refractivity contribution in [1.29, 1.82) is 0 Å². The average Bonchev–Trinajstić information content (AvgIpc) is 3.47. The number of alkyl halides is 3. The molecule has 2 fully saturated rings. The second-order valence-electron chi connectivity index (χ2n) is 11.3. The maximum atomic E-state index is 14.3. The highest BCUT2D eigenvalue weighted by Gasteiger charge is 2.36. The van der Waals surface area contributed by atoms with Crippen LogP contribution in [0.3, 0.4) is 0 Å². The van der Waals surface area contributed by atoms with Crippen molar-refractivity contribution in [2.24, 2.45) is 18.9 Å². The Morgan fingerprint density at radius 2 is 1.97 bits per heavy atom. The molecular formula is C29H33F3N6O. The molecule has 1 aliphatic carbocycles. The molecule has 1 unspecified atom stereocenters. The topological polar surface area (TPSA) is 71.7 Å². The molecule has 2 atom stereocenters. The van der Waals surface area contributed by atoms with E-state index in [1.165, 1.54) is 6.07 Å². The number of nitrogens with one attached hydrogen (secondary N) is 1. The highest BCUT2D eigenvalue weighted by atomic mass is 19.4. The van der Waals surface area contributed by atoms with Crippen LogP contribution in [0.4, 0.5) is 13.2 Å². The monoisotopic (exact) mass is 538 g/mol. The van der Waals surface area contributed by atoms with Gasteiger partial charge in [-0.2, -0.15) is 13.2 Å². The van der Waals surface area contributed by atoms with Crippen LogP contribution in [0.2, 0.25) is 0 Å². The van der Waals surface area contributed by atoms with Gasteiger partial charge in [0.2, 0.25) is 0 Å². The Bertz CT molecular complexity index is 1550. The normalized spacial score (nSPS) is 19.9. The Kier molecular flexibility index (Phi) is 6.61. The molecule has 1 aliphatic heterocycles. The van der Waals surface area contributed by atoms with E-state index >= 15 is 0 Å². The van der Waals surface area contributed by atoms with Crippen LogP contribution in [0.5, 0.6) is 0 Å². The summed E-state index contributed by atoms with van der Waals surface area (Å²) in [4.78, 5) is 18.9. The zero-order chi connectivity index (χ0) is 27.3. The van der Waals surface area contributed by atoms with E-state index < -0.39 is 17.3 Å². The Labute approximate surface area is 224 Å². The minimum atomic E-state index is -4.61. The van der Waals surface area contributed by atoms with Crippen molar-refractivity contribution < 1.29 is 13.2 Å². The molecule has 39 heavy (non-hydrogen) atoms. The fourth-order valence-electron chi connectivity index (χ4n) is 6.29. The van der Waals surface area contributed by atoms with Crippen LogP contribution in [0.15, 0.2) is 47.7 Å². The van der Waals surface area contributed by atoms with Gasteiger partial charge in [0.05, 0.1) is 5.56 Å². The number of fused-ring (bicyclic) bond motifs is 1. The van der Waals surface area contributed by atoms with E-state index in [-0.39, 0.29) is 16.8 Å². The van der Waals surface area contributed by atoms with Crippen molar-refractivity contribution in [3.8, 4) is 5.69 Å². The van der Waals surface area contributed by atoms with Crippen LogP contribution in [0.25, 0.3) is 16.6 Å². The summed E-state index contributed by atoms with van der Waals surface area (Å²) in [6, 6.07) is 8.77. The van der Waals surface area contributed by atoms with Crippen LogP contribution in [-0.4, -0.2) is 42.3 Å². The molecule has 10 heteroatoms. The fraction of sp³-hybridized carbons (Fsp3) is 0.483. The summed E-state index contributed by atoms with van der Waals surface area (Å²) in [5.74, 6) is 1.69. The number of aromatic amines is 1. The van der Waals surface area contributed by atoms with Crippen molar-refractivity contribution in [2.45, 2.75) is 57.7 Å². The first-order valence-electron chi connectivity index (χ1n) is 13.7. The molecule has 6 rings (SSSR count). The molecule has 206 valence electrons. The molecule has 1 saturated heterocycles. The Balaban J connectivity index is 1.43. The first-order chi connectivity index (χ1) is 18.7. The summed E-state index contributed by atoms with van der Waals surface area (Å²) in [6.07, 6.45) is 3.45. The lowest BCUT2D eigenvalue weighted by Crippen LogP contribution is -2.33. The number of H-pyrrole nitrogens is 1. The van der Waals surface area contributed by atoms with E-state index in [4.69, 9.17) is 0 Å². The first-order valence-corrected chi connectivity index (χ1v) is 13.7. The number of piperidine rings is 1. The third-order valence-electron chi connectivity index (χ3n) is 8.45. The van der Waals surface area contributed by atoms with Crippen LogP contribution < -0.4 is 5.56 Å². The molecule has 1 saturated carbocycles. The average molecular weight is 539 g/mol. The number of nitrogens with zero attached hydrogens (tertiary/aromatic N) is 5. The first kappa shape index (κ1) is 25.9. The summed E-state index contributed by atoms with van der Waals surface area (Å²) in [6.45, 7) is 4.47. The molecule has 4 aromatic rings. The molecule has 0 spiro atoms. The number of halogens is 3. The highest BCUT2D eigenvalue weighted by Crippen LogP contribution is 2.43. The zero-order valence-electron chi connectivity index (χ0n) is 22.2. The number of rotatable bonds is 6. The molecule has 4 heterocycles. The minimum absolute atomic E-state index is 0.0147. The number of aryl methyl sites for hydroxylation is 1. The van der Waals surface area contributed by atoms with Crippen molar-refractivity contribution in [3.63, 3.8) is 0 Å². The van der Waals surface area contributed by atoms with Crippen LogP contribution >= 0.6 is 0 Å². The maximum absolute atomic E-state index is 14.3. The van der Waals surface area contributed by atoms with Gasteiger partial charge in [0.1, 0.15) is 17.7 Å². The van der Waals surface area contributed by atoms with Crippen LogP contribution in [-0.2, 0) is 19.8 Å². The van der Waals surface area contributed by atoms with Gasteiger partial charge in [0, 0.05) is 49.0 Å². The van der Waals surface area contributed by atoms with Gasteiger partial charge >= 0.3 is 6.18 Å². The molecule has 7 nitrogen and oxygen atoms in total. The molecule has 0 bridgehead atoms. The van der Waals surface area contributed by atoms with Crippen molar-refractivity contribution >= 4 is 10.9 Å². The number of pyridine rings is 1. The van der Waals surface area contributed by atoms with Crippen LogP contribution in [0.1, 0.15) is 67.6 Å².